The van der Waals surface area contributed by atoms with Crippen molar-refractivity contribution in [3.8, 4) is 5.75 Å². The van der Waals surface area contributed by atoms with E-state index >= 15 is 0 Å². The molecule has 0 bridgehead atoms. The van der Waals surface area contributed by atoms with E-state index in [9.17, 15) is 13.2 Å². The lowest BCUT2D eigenvalue weighted by Gasteiger charge is -2.47. The van der Waals surface area contributed by atoms with Gasteiger partial charge in [0, 0.05) is 44.1 Å². The van der Waals surface area contributed by atoms with E-state index in [1.165, 1.54) is 5.56 Å². The number of ether oxygens (including phenoxy) is 2. The minimum absolute atomic E-state index is 0.170. The smallest absolute Gasteiger partial charge is 0.410 e. The van der Waals surface area contributed by atoms with Crippen molar-refractivity contribution in [1.82, 2.24) is 14.8 Å². The highest BCUT2D eigenvalue weighted by Gasteiger charge is 2.38. The van der Waals surface area contributed by atoms with E-state index in [-0.39, 0.29) is 17.6 Å². The monoisotopic (exact) mass is 569 g/mol. The molecule has 0 spiro atoms. The number of pyridine rings is 1. The first kappa shape index (κ1) is 27.1. The van der Waals surface area contributed by atoms with Crippen LogP contribution in [0.4, 0.5) is 22.0 Å². The van der Waals surface area contributed by atoms with Crippen LogP contribution < -0.4 is 15.0 Å². The van der Waals surface area contributed by atoms with Crippen LogP contribution in [0.1, 0.15) is 50.7 Å². The molecule has 3 saturated heterocycles. The molecule has 10 nitrogen and oxygen atoms in total. The number of aromatic nitrogens is 1. The molecule has 0 atom stereocenters. The van der Waals surface area contributed by atoms with Gasteiger partial charge in [-0.15, -0.1) is 0 Å². The summed E-state index contributed by atoms with van der Waals surface area (Å²) >= 11 is 0. The molecular weight excluding hydrogens is 530 g/mol. The summed E-state index contributed by atoms with van der Waals surface area (Å²) in [6.07, 6.45) is 3.70. The zero-order valence-electron chi connectivity index (χ0n) is 23.6. The molecule has 11 heteroatoms. The summed E-state index contributed by atoms with van der Waals surface area (Å²) in [6, 6.07) is 8.78. The lowest BCUT2D eigenvalue weighted by Crippen LogP contribution is -2.62. The van der Waals surface area contributed by atoms with Crippen molar-refractivity contribution in [2.75, 3.05) is 61.0 Å². The maximum Gasteiger partial charge on any atom is 0.410 e. The molecule has 216 valence electrons. The highest BCUT2D eigenvalue weighted by atomic mass is 32.2. The van der Waals surface area contributed by atoms with Crippen molar-refractivity contribution >= 4 is 33.1 Å². The van der Waals surface area contributed by atoms with Crippen molar-refractivity contribution in [2.45, 2.75) is 57.8 Å². The minimum atomic E-state index is -2.96. The van der Waals surface area contributed by atoms with Gasteiger partial charge in [-0.05, 0) is 76.4 Å². The maximum absolute atomic E-state index is 12.3. The van der Waals surface area contributed by atoms with Crippen LogP contribution in [-0.2, 0) is 21.2 Å². The summed E-state index contributed by atoms with van der Waals surface area (Å²) in [7, 11) is -2.96. The molecule has 4 aliphatic heterocycles. The SMILES string of the molecule is CC(C)(C)OC(=O)N1CC(N2CCC(c3ccc4c(c3)Nc3nccc(N5CCS(=O)(=O)CC5)c3CO4)CC2)C1. The number of benzene rings is 1. The number of carbonyl (C=O) groups is 1. The predicted octanol–water partition coefficient (Wildman–Crippen LogP) is 3.75. The average Bonchev–Trinajstić information content (AvgIpc) is 3.06. The average molecular weight is 570 g/mol. The largest absolute Gasteiger partial charge is 0.487 e. The molecular formula is C29H39N5O5S. The number of hydrogen-bond donors (Lipinski definition) is 1. The Kier molecular flexibility index (Phi) is 7.06. The number of fused-ring (bicyclic) bond motifs is 2. The van der Waals surface area contributed by atoms with Gasteiger partial charge in [-0.25, -0.2) is 18.2 Å². The second-order valence-corrected chi connectivity index (χ2v) is 14.6. The summed E-state index contributed by atoms with van der Waals surface area (Å²) in [5, 5.41) is 3.51. The maximum atomic E-state index is 12.3. The minimum Gasteiger partial charge on any atom is -0.487 e. The Labute approximate surface area is 236 Å². The highest BCUT2D eigenvalue weighted by molar-refractivity contribution is 7.91. The first-order chi connectivity index (χ1) is 19.0. The first-order valence-electron chi connectivity index (χ1n) is 14.2. The van der Waals surface area contributed by atoms with Gasteiger partial charge < -0.3 is 24.6 Å². The lowest BCUT2D eigenvalue weighted by atomic mass is 9.88. The van der Waals surface area contributed by atoms with Crippen LogP contribution in [0.2, 0.25) is 0 Å². The number of amides is 1. The molecule has 1 aromatic heterocycles. The molecule has 1 aromatic carbocycles. The molecule has 0 aliphatic carbocycles. The van der Waals surface area contributed by atoms with Crippen molar-refractivity contribution in [3.05, 3.63) is 41.6 Å². The Balaban J connectivity index is 1.08. The Morgan fingerprint density at radius 3 is 2.50 bits per heavy atom. The van der Waals surface area contributed by atoms with Crippen molar-refractivity contribution < 1.29 is 22.7 Å². The van der Waals surface area contributed by atoms with Crippen LogP contribution >= 0.6 is 0 Å². The fraction of sp³-hybridized carbons (Fsp3) is 0.586. The van der Waals surface area contributed by atoms with E-state index in [0.717, 1.165) is 67.5 Å². The zero-order valence-corrected chi connectivity index (χ0v) is 24.4. The summed E-state index contributed by atoms with van der Waals surface area (Å²) in [5.41, 5.74) is 3.67. The number of likely N-dealkylation sites (tertiary alicyclic amines) is 2. The van der Waals surface area contributed by atoms with Gasteiger partial charge in [0.25, 0.3) is 0 Å². The van der Waals surface area contributed by atoms with Gasteiger partial charge in [0.2, 0.25) is 0 Å². The standard InChI is InChI=1S/C29H39N5O5S/c1-29(2,3)39-28(35)34-17-22(18-34)32-10-7-20(8-11-32)21-4-5-26-24(16-21)31-27-23(19-38-26)25(6-9-30-27)33-12-14-40(36,37)15-13-33/h4-6,9,16,20,22H,7-8,10-15,17-19H2,1-3H3,(H,30,31). The number of nitrogens with one attached hydrogen (secondary N) is 1. The highest BCUT2D eigenvalue weighted by Crippen LogP contribution is 2.40. The van der Waals surface area contributed by atoms with E-state index in [1.807, 2.05) is 32.9 Å². The fourth-order valence-corrected chi connectivity index (χ4v) is 7.25. The Bertz CT molecular complexity index is 1360. The molecule has 0 saturated carbocycles. The molecule has 2 aromatic rings. The third-order valence-electron chi connectivity index (χ3n) is 8.38. The third kappa shape index (κ3) is 5.72. The predicted molar refractivity (Wildman–Crippen MR) is 154 cm³/mol. The number of sulfone groups is 1. The number of carbonyl (C=O) groups excluding carboxylic acids is 1. The summed E-state index contributed by atoms with van der Waals surface area (Å²) in [4.78, 5) is 23.3. The number of anilines is 3. The van der Waals surface area contributed by atoms with E-state index < -0.39 is 15.4 Å². The molecule has 40 heavy (non-hydrogen) atoms. The number of piperidine rings is 1. The second kappa shape index (κ2) is 10.4. The molecule has 3 fully saturated rings. The summed E-state index contributed by atoms with van der Waals surface area (Å²) < 4.78 is 35.6. The van der Waals surface area contributed by atoms with Crippen LogP contribution in [0, 0.1) is 0 Å². The topological polar surface area (TPSA) is 104 Å². The van der Waals surface area contributed by atoms with Crippen LogP contribution in [0.15, 0.2) is 30.5 Å². The zero-order chi connectivity index (χ0) is 28.1. The van der Waals surface area contributed by atoms with Crippen LogP contribution in [0.25, 0.3) is 0 Å². The van der Waals surface area contributed by atoms with Crippen molar-refractivity contribution in [3.63, 3.8) is 0 Å². The Hall–Kier alpha value is -3.05. The van der Waals surface area contributed by atoms with Gasteiger partial charge in [-0.3, -0.25) is 4.90 Å². The van der Waals surface area contributed by atoms with E-state index in [1.54, 1.807) is 11.1 Å². The quantitative estimate of drug-likeness (QED) is 0.592. The molecule has 1 N–H and O–H groups in total. The summed E-state index contributed by atoms with van der Waals surface area (Å²) in [5.74, 6) is 2.36. The lowest BCUT2D eigenvalue weighted by molar-refractivity contribution is -0.0196. The van der Waals surface area contributed by atoms with Crippen LogP contribution in [-0.4, -0.2) is 91.7 Å². The van der Waals surface area contributed by atoms with Gasteiger partial charge in [0.05, 0.1) is 22.8 Å². The van der Waals surface area contributed by atoms with E-state index in [2.05, 4.69) is 32.2 Å². The van der Waals surface area contributed by atoms with Crippen LogP contribution in [0.5, 0.6) is 5.75 Å². The summed E-state index contributed by atoms with van der Waals surface area (Å²) in [6.45, 7) is 10.5. The number of hydrogen-bond acceptors (Lipinski definition) is 9. The van der Waals surface area contributed by atoms with Crippen molar-refractivity contribution in [1.29, 1.82) is 0 Å². The van der Waals surface area contributed by atoms with E-state index in [4.69, 9.17) is 9.47 Å². The van der Waals surface area contributed by atoms with E-state index in [0.29, 0.717) is 31.7 Å². The van der Waals surface area contributed by atoms with Gasteiger partial charge in [0.15, 0.2) is 9.84 Å². The molecule has 1 amide bonds. The number of nitrogens with zero attached hydrogens (tertiary/aromatic N) is 4. The normalized spacial score (nSPS) is 21.8. The molecule has 6 rings (SSSR count). The molecule has 4 aliphatic rings. The first-order valence-corrected chi connectivity index (χ1v) is 16.1. The second-order valence-electron chi connectivity index (χ2n) is 12.3. The third-order valence-corrected chi connectivity index (χ3v) is 9.99. The number of rotatable bonds is 3. The van der Waals surface area contributed by atoms with Gasteiger partial charge in [-0.2, -0.15) is 0 Å². The van der Waals surface area contributed by atoms with Gasteiger partial charge in [0.1, 0.15) is 23.8 Å². The Morgan fingerprint density at radius 2 is 1.80 bits per heavy atom. The molecule has 0 unspecified atom stereocenters. The van der Waals surface area contributed by atoms with Crippen LogP contribution in [0.3, 0.4) is 0 Å². The fourth-order valence-electron chi connectivity index (χ4n) is 6.04. The molecule has 0 radical (unpaired) electrons. The molecule has 5 heterocycles. The Morgan fingerprint density at radius 1 is 1.07 bits per heavy atom. The van der Waals surface area contributed by atoms with Crippen molar-refractivity contribution in [2.24, 2.45) is 0 Å². The van der Waals surface area contributed by atoms with Gasteiger partial charge in [-0.1, -0.05) is 6.07 Å². The van der Waals surface area contributed by atoms with Gasteiger partial charge >= 0.3 is 6.09 Å².